The Bertz CT molecular complexity index is 828. The van der Waals surface area contributed by atoms with Crippen LogP contribution in [0.4, 0.5) is 5.69 Å². The molecule has 0 unspecified atom stereocenters. The van der Waals surface area contributed by atoms with Crippen LogP contribution in [0.25, 0.3) is 0 Å². The maximum atomic E-state index is 12.5. The first-order chi connectivity index (χ1) is 11.4. The smallest absolute Gasteiger partial charge is 0.258 e. The average molecular weight is 344 g/mol. The van der Waals surface area contributed by atoms with E-state index in [0.29, 0.717) is 5.56 Å². The zero-order chi connectivity index (χ0) is 17.3. The van der Waals surface area contributed by atoms with Crippen molar-refractivity contribution in [3.05, 3.63) is 60.2 Å². The molecule has 5 nitrogen and oxygen atoms in total. The predicted molar refractivity (Wildman–Crippen MR) is 93.6 cm³/mol. The molecule has 0 aromatic heterocycles. The van der Waals surface area contributed by atoms with Gasteiger partial charge in [0.1, 0.15) is 0 Å². The minimum atomic E-state index is -3.48. The van der Waals surface area contributed by atoms with E-state index in [9.17, 15) is 13.2 Å². The van der Waals surface area contributed by atoms with Crippen LogP contribution >= 0.6 is 0 Å². The second kappa shape index (κ2) is 6.37. The Kier molecular flexibility index (Phi) is 4.43. The van der Waals surface area contributed by atoms with Crippen LogP contribution in [-0.4, -0.2) is 38.8 Å². The number of anilines is 1. The Labute approximate surface area is 142 Å². The van der Waals surface area contributed by atoms with E-state index < -0.39 is 10.0 Å². The Balaban J connectivity index is 1.80. The number of carbonyl (C=O) groups excluding carboxylic acids is 1. The van der Waals surface area contributed by atoms with E-state index in [-0.39, 0.29) is 16.8 Å². The largest absolute Gasteiger partial charge is 0.311 e. The quantitative estimate of drug-likeness (QED) is 0.838. The fraction of sp³-hybridized carbons (Fsp3) is 0.278. The highest BCUT2D eigenvalue weighted by atomic mass is 32.2. The van der Waals surface area contributed by atoms with E-state index in [1.165, 1.54) is 16.4 Å². The van der Waals surface area contributed by atoms with Crippen LogP contribution in [0.3, 0.4) is 0 Å². The summed E-state index contributed by atoms with van der Waals surface area (Å²) in [6.07, 6.45) is 1.82. The highest BCUT2D eigenvalue weighted by molar-refractivity contribution is 7.89. The summed E-state index contributed by atoms with van der Waals surface area (Å²) in [5.41, 5.74) is 1.24. The minimum Gasteiger partial charge on any atom is -0.311 e. The number of nitrogens with zero attached hydrogens (tertiary/aromatic N) is 2. The summed E-state index contributed by atoms with van der Waals surface area (Å²) in [6.45, 7) is 0. The Hall–Kier alpha value is -2.18. The number of sulfonamides is 1. The molecule has 3 rings (SSSR count). The van der Waals surface area contributed by atoms with Gasteiger partial charge in [-0.3, -0.25) is 4.79 Å². The number of benzene rings is 2. The first kappa shape index (κ1) is 16.7. The Morgan fingerprint density at radius 1 is 0.958 bits per heavy atom. The summed E-state index contributed by atoms with van der Waals surface area (Å²) in [7, 11) is -0.178. The third-order valence-electron chi connectivity index (χ3n) is 4.29. The van der Waals surface area contributed by atoms with Crippen LogP contribution in [-0.2, 0) is 10.0 Å². The predicted octanol–water partition coefficient (Wildman–Crippen LogP) is 2.75. The summed E-state index contributed by atoms with van der Waals surface area (Å²) in [5, 5.41) is 0. The van der Waals surface area contributed by atoms with E-state index in [4.69, 9.17) is 0 Å². The summed E-state index contributed by atoms with van der Waals surface area (Å²) in [5.74, 6) is -0.180. The van der Waals surface area contributed by atoms with Crippen molar-refractivity contribution < 1.29 is 13.2 Å². The molecule has 2 aromatic rings. The lowest BCUT2D eigenvalue weighted by Crippen LogP contribution is -2.29. The molecular weight excluding hydrogens is 324 g/mol. The molecule has 6 heteroatoms. The Morgan fingerprint density at radius 2 is 1.54 bits per heavy atom. The van der Waals surface area contributed by atoms with Crippen LogP contribution in [0.2, 0.25) is 0 Å². The molecule has 0 heterocycles. The molecule has 0 spiro atoms. The van der Waals surface area contributed by atoms with Crippen molar-refractivity contribution in [2.45, 2.75) is 23.8 Å². The van der Waals surface area contributed by atoms with Crippen LogP contribution in [0, 0.1) is 0 Å². The van der Waals surface area contributed by atoms with Crippen molar-refractivity contribution >= 4 is 21.6 Å². The monoisotopic (exact) mass is 344 g/mol. The molecule has 0 radical (unpaired) electrons. The van der Waals surface area contributed by atoms with Crippen molar-refractivity contribution in [2.24, 2.45) is 0 Å². The van der Waals surface area contributed by atoms with Crippen molar-refractivity contribution in [3.63, 3.8) is 0 Å². The topological polar surface area (TPSA) is 57.7 Å². The van der Waals surface area contributed by atoms with Crippen LogP contribution in [0.5, 0.6) is 0 Å². The lowest BCUT2D eigenvalue weighted by atomic mass is 10.2. The van der Waals surface area contributed by atoms with E-state index in [0.717, 1.165) is 18.5 Å². The SMILES string of the molecule is CN(C(=O)c1ccc(S(=O)(=O)N(C)C2CC2)cc1)c1ccccc1. The molecule has 24 heavy (non-hydrogen) atoms. The van der Waals surface area contributed by atoms with Gasteiger partial charge in [0.05, 0.1) is 4.90 Å². The van der Waals surface area contributed by atoms with E-state index in [1.807, 2.05) is 30.3 Å². The maximum absolute atomic E-state index is 12.5. The molecule has 0 N–H and O–H groups in total. The van der Waals surface area contributed by atoms with Gasteiger partial charge in [-0.15, -0.1) is 0 Å². The molecule has 0 saturated heterocycles. The maximum Gasteiger partial charge on any atom is 0.258 e. The van der Waals surface area contributed by atoms with E-state index >= 15 is 0 Å². The minimum absolute atomic E-state index is 0.112. The third kappa shape index (κ3) is 3.20. The molecular formula is C18H20N2O3S. The van der Waals surface area contributed by atoms with Crippen molar-refractivity contribution in [1.82, 2.24) is 4.31 Å². The lowest BCUT2D eigenvalue weighted by Gasteiger charge is -2.18. The molecule has 0 aliphatic heterocycles. The van der Waals surface area contributed by atoms with Gasteiger partial charge < -0.3 is 4.90 Å². The standard InChI is InChI=1S/C18H20N2O3S/c1-19(15-6-4-3-5-7-15)18(21)14-8-12-17(13-9-14)24(22,23)20(2)16-10-11-16/h3-9,12-13,16H,10-11H2,1-2H3. The molecule has 1 aliphatic rings. The van der Waals surface area contributed by atoms with Crippen molar-refractivity contribution in [2.75, 3.05) is 19.0 Å². The fourth-order valence-corrected chi connectivity index (χ4v) is 3.95. The van der Waals surface area contributed by atoms with Gasteiger partial charge in [-0.25, -0.2) is 8.42 Å². The zero-order valence-corrected chi connectivity index (χ0v) is 14.5. The second-order valence-electron chi connectivity index (χ2n) is 5.98. The normalized spacial score (nSPS) is 14.6. The molecule has 0 bridgehead atoms. The number of hydrogen-bond acceptors (Lipinski definition) is 3. The highest BCUT2D eigenvalue weighted by Crippen LogP contribution is 2.30. The van der Waals surface area contributed by atoms with Gasteiger partial charge in [-0.2, -0.15) is 4.31 Å². The lowest BCUT2D eigenvalue weighted by molar-refractivity contribution is 0.0993. The van der Waals surface area contributed by atoms with Crippen LogP contribution < -0.4 is 4.90 Å². The molecule has 1 fully saturated rings. The third-order valence-corrected chi connectivity index (χ3v) is 6.21. The van der Waals surface area contributed by atoms with Gasteiger partial charge in [0.15, 0.2) is 0 Å². The molecule has 126 valence electrons. The zero-order valence-electron chi connectivity index (χ0n) is 13.7. The Morgan fingerprint density at radius 3 is 2.08 bits per heavy atom. The fourth-order valence-electron chi connectivity index (χ4n) is 2.53. The first-order valence-corrected chi connectivity index (χ1v) is 9.26. The van der Waals surface area contributed by atoms with Crippen LogP contribution in [0.1, 0.15) is 23.2 Å². The summed E-state index contributed by atoms with van der Waals surface area (Å²) in [6, 6.07) is 15.6. The van der Waals surface area contributed by atoms with Gasteiger partial charge >= 0.3 is 0 Å². The number of rotatable bonds is 5. The highest BCUT2D eigenvalue weighted by Gasteiger charge is 2.35. The molecule has 1 amide bonds. The number of para-hydroxylation sites is 1. The molecule has 1 saturated carbocycles. The van der Waals surface area contributed by atoms with Crippen molar-refractivity contribution in [1.29, 1.82) is 0 Å². The summed E-state index contributed by atoms with van der Waals surface area (Å²) < 4.78 is 26.4. The van der Waals surface area contributed by atoms with E-state index in [1.54, 1.807) is 31.1 Å². The van der Waals surface area contributed by atoms with E-state index in [2.05, 4.69) is 0 Å². The molecule has 2 aromatic carbocycles. The summed E-state index contributed by atoms with van der Waals surface area (Å²) in [4.78, 5) is 14.3. The first-order valence-electron chi connectivity index (χ1n) is 7.82. The molecule has 1 aliphatic carbocycles. The van der Waals surface area contributed by atoms with Crippen molar-refractivity contribution in [3.8, 4) is 0 Å². The molecule has 0 atom stereocenters. The van der Waals surface area contributed by atoms with Gasteiger partial charge in [-0.05, 0) is 49.2 Å². The number of carbonyl (C=O) groups is 1. The number of amides is 1. The van der Waals surface area contributed by atoms with Gasteiger partial charge in [-0.1, -0.05) is 18.2 Å². The van der Waals surface area contributed by atoms with Gasteiger partial charge in [0.2, 0.25) is 10.0 Å². The van der Waals surface area contributed by atoms with Crippen LogP contribution in [0.15, 0.2) is 59.5 Å². The average Bonchev–Trinajstić information content (AvgIpc) is 3.45. The summed E-state index contributed by atoms with van der Waals surface area (Å²) >= 11 is 0. The second-order valence-corrected chi connectivity index (χ2v) is 7.97. The number of hydrogen-bond donors (Lipinski definition) is 0. The van der Waals surface area contributed by atoms with Gasteiger partial charge in [0, 0.05) is 31.4 Å². The van der Waals surface area contributed by atoms with Gasteiger partial charge in [0.25, 0.3) is 5.91 Å².